The molecule has 1 spiro atoms. The van der Waals surface area contributed by atoms with Gasteiger partial charge in [0, 0.05) is 32.1 Å². The molecule has 0 N–H and O–H groups in total. The van der Waals surface area contributed by atoms with Crippen molar-refractivity contribution in [2.75, 3.05) is 19.7 Å². The predicted octanol–water partition coefficient (Wildman–Crippen LogP) is 9.85. The second kappa shape index (κ2) is 16.7. The molecule has 4 nitrogen and oxygen atoms in total. The van der Waals surface area contributed by atoms with Crippen LogP contribution in [0.2, 0.25) is 0 Å². The molecule has 3 heterocycles. The van der Waals surface area contributed by atoms with Gasteiger partial charge in [-0.05, 0) is 30.5 Å². The first-order valence-corrected chi connectivity index (χ1v) is 17.5. The Hall–Kier alpha value is -1.71. The summed E-state index contributed by atoms with van der Waals surface area (Å²) in [6.07, 6.45) is 32.3. The van der Waals surface area contributed by atoms with Gasteiger partial charge in [-0.25, -0.2) is 4.58 Å². The molecule has 2 unspecified atom stereocenters. The second-order valence-electron chi connectivity index (χ2n) is 13.5. The minimum atomic E-state index is -0.130. The van der Waals surface area contributed by atoms with Gasteiger partial charge < -0.3 is 15.0 Å². The van der Waals surface area contributed by atoms with Gasteiger partial charge in [0.2, 0.25) is 11.8 Å². The molecular weight excluding hydrogens is 490 g/mol. The van der Waals surface area contributed by atoms with Crippen molar-refractivity contribution in [2.24, 2.45) is 0 Å². The molecule has 3 bridgehead atoms. The number of fused-ring (bicyclic) bond motifs is 1. The Balaban J connectivity index is 1.03. The maximum absolute atomic E-state index is 11.5. The highest BCUT2D eigenvalue weighted by Crippen LogP contribution is 2.43. The van der Waals surface area contributed by atoms with Crippen molar-refractivity contribution in [1.82, 2.24) is 0 Å². The number of piperidine rings is 1. The molecule has 0 amide bonds. The Bertz CT molecular complexity index is 909. The quantitative estimate of drug-likeness (QED) is 0.118. The summed E-state index contributed by atoms with van der Waals surface area (Å²) in [5, 5.41) is 0. The maximum atomic E-state index is 11.5. The third-order valence-electron chi connectivity index (χ3n) is 10.2. The number of nitrogens with zero attached hydrogens (tertiary/aromatic N) is 3. The van der Waals surface area contributed by atoms with Crippen LogP contribution < -0.4 is 4.74 Å². The van der Waals surface area contributed by atoms with Gasteiger partial charge in [-0.15, -0.1) is 0 Å². The molecule has 1 saturated heterocycles. The molecule has 2 atom stereocenters. The third kappa shape index (κ3) is 9.15. The van der Waals surface area contributed by atoms with Gasteiger partial charge in [-0.1, -0.05) is 115 Å². The Morgan fingerprint density at radius 3 is 1.88 bits per heavy atom. The van der Waals surface area contributed by atoms with E-state index in [2.05, 4.69) is 42.0 Å². The molecule has 1 aromatic rings. The van der Waals surface area contributed by atoms with Crippen LogP contribution in [0.3, 0.4) is 0 Å². The fraction of sp³-hybridized carbons (Fsp3) is 0.806. The molecule has 4 heteroatoms. The molecule has 3 aliphatic rings. The van der Waals surface area contributed by atoms with Crippen molar-refractivity contribution in [3.8, 4) is 5.75 Å². The summed E-state index contributed by atoms with van der Waals surface area (Å²) in [7, 11) is 0. The fourth-order valence-corrected chi connectivity index (χ4v) is 7.76. The van der Waals surface area contributed by atoms with E-state index in [1.54, 1.807) is 0 Å². The average Bonchev–Trinajstić information content (AvgIpc) is 3.38. The lowest BCUT2D eigenvalue weighted by Gasteiger charge is -2.44. The zero-order valence-electron chi connectivity index (χ0n) is 26.0. The van der Waals surface area contributed by atoms with Gasteiger partial charge in [-0.2, -0.15) is 0 Å². The molecule has 40 heavy (non-hydrogen) atoms. The lowest BCUT2D eigenvalue weighted by Crippen LogP contribution is -2.58. The minimum absolute atomic E-state index is 0.124. The summed E-state index contributed by atoms with van der Waals surface area (Å²) in [6.45, 7) is 5.35. The highest BCUT2D eigenvalue weighted by molar-refractivity contribution is 5.65. The molecule has 0 aromatic heterocycles. The van der Waals surface area contributed by atoms with E-state index >= 15 is 0 Å². The van der Waals surface area contributed by atoms with Crippen molar-refractivity contribution in [3.05, 3.63) is 35.4 Å². The Morgan fingerprint density at radius 1 is 0.675 bits per heavy atom. The molecule has 0 saturated carbocycles. The first-order valence-electron chi connectivity index (χ1n) is 17.5. The molecule has 4 rings (SSSR count). The topological polar surface area (TPSA) is 37.5 Å². The van der Waals surface area contributed by atoms with E-state index in [4.69, 9.17) is 4.74 Å². The number of hydrogen-bond donors (Lipinski definition) is 0. The molecule has 0 aliphatic carbocycles. The van der Waals surface area contributed by atoms with Gasteiger partial charge in [0.25, 0.3) is 0 Å². The summed E-state index contributed by atoms with van der Waals surface area (Å²) in [5.74, 6) is 0.987. The highest BCUT2D eigenvalue weighted by Gasteiger charge is 2.57. The third-order valence-corrected chi connectivity index (χ3v) is 10.2. The van der Waals surface area contributed by atoms with Crippen molar-refractivity contribution in [1.29, 1.82) is 0 Å². The van der Waals surface area contributed by atoms with E-state index in [1.807, 2.05) is 4.70 Å². The maximum Gasteiger partial charge on any atom is 0.233 e. The first kappa shape index (κ1) is 31.2. The average molecular weight is 551 g/mol. The largest absolute Gasteiger partial charge is 0.505 e. The number of benzene rings is 1. The standard InChI is InChI=1S/C36H60N3O/c1-2-3-4-5-6-7-8-9-10-11-12-13-14-15-16-17-30-40-34-22-20-33(21-23-34)31-35-24-18-25-36(39(35)37)27-29-38(32-36)28-19-26-35/h20-23,32H,2-19,24-31H2,1H3/q+1. The summed E-state index contributed by atoms with van der Waals surface area (Å²) < 4.78 is 10.3. The van der Waals surface area contributed by atoms with Crippen molar-refractivity contribution < 1.29 is 14.0 Å². The summed E-state index contributed by atoms with van der Waals surface area (Å²) >= 11 is 0. The van der Waals surface area contributed by atoms with Crippen molar-refractivity contribution in [3.63, 3.8) is 0 Å². The van der Waals surface area contributed by atoms with Crippen LogP contribution in [-0.4, -0.2) is 46.3 Å². The van der Waals surface area contributed by atoms with Crippen LogP contribution in [0.1, 0.15) is 154 Å². The van der Waals surface area contributed by atoms with E-state index < -0.39 is 0 Å². The smallest absolute Gasteiger partial charge is 0.233 e. The first-order chi connectivity index (χ1) is 19.7. The van der Waals surface area contributed by atoms with Gasteiger partial charge in [0.1, 0.15) is 18.8 Å². The highest BCUT2D eigenvalue weighted by atomic mass is 16.5. The molecule has 1 aromatic carbocycles. The van der Waals surface area contributed by atoms with Crippen LogP contribution in [0, 0.1) is 0 Å². The summed E-state index contributed by atoms with van der Waals surface area (Å²) in [4.78, 5) is 0. The predicted molar refractivity (Wildman–Crippen MR) is 168 cm³/mol. The van der Waals surface area contributed by atoms with E-state index in [-0.39, 0.29) is 11.1 Å². The zero-order chi connectivity index (χ0) is 27.9. The minimum Gasteiger partial charge on any atom is -0.505 e. The monoisotopic (exact) mass is 550 g/mol. The number of rotatable bonds is 20. The van der Waals surface area contributed by atoms with Crippen LogP contribution in [0.25, 0.3) is 5.53 Å². The number of hydrogen-bond acceptors (Lipinski definition) is 1. The van der Waals surface area contributed by atoms with Crippen molar-refractivity contribution in [2.45, 2.75) is 166 Å². The summed E-state index contributed by atoms with van der Waals surface area (Å²) in [5.41, 5.74) is 12.6. The zero-order valence-corrected chi connectivity index (χ0v) is 26.0. The van der Waals surface area contributed by atoms with Crippen LogP contribution in [0.4, 0.5) is 0 Å². The van der Waals surface area contributed by atoms with E-state index in [1.165, 1.54) is 108 Å². The second-order valence-corrected chi connectivity index (χ2v) is 13.5. The van der Waals surface area contributed by atoms with Crippen LogP contribution in [-0.2, 0) is 6.42 Å². The SMILES string of the molecule is CCCCCCCCCCCCCCCCCCOc1ccc(CC23CCC[N+]4=CC(CCC2)(CC4)[N+]3=[N-])cc1. The molecule has 0 radical (unpaired) electrons. The van der Waals surface area contributed by atoms with Crippen LogP contribution >= 0.6 is 0 Å². The van der Waals surface area contributed by atoms with Crippen LogP contribution in [0.5, 0.6) is 5.75 Å². The molecular formula is C36H60N3O+. The normalized spacial score (nSPS) is 24.0. The Morgan fingerprint density at radius 2 is 1.25 bits per heavy atom. The van der Waals surface area contributed by atoms with E-state index in [0.717, 1.165) is 70.4 Å². The van der Waals surface area contributed by atoms with Gasteiger partial charge in [0.05, 0.1) is 13.0 Å². The van der Waals surface area contributed by atoms with Gasteiger partial charge >= 0.3 is 0 Å². The Labute approximate surface area is 246 Å². The van der Waals surface area contributed by atoms with E-state index in [9.17, 15) is 5.53 Å². The van der Waals surface area contributed by atoms with E-state index in [0.29, 0.717) is 0 Å². The summed E-state index contributed by atoms with van der Waals surface area (Å²) in [6, 6.07) is 8.75. The Kier molecular flexibility index (Phi) is 13.0. The van der Waals surface area contributed by atoms with Gasteiger partial charge in [-0.3, -0.25) is 0 Å². The lowest BCUT2D eigenvalue weighted by atomic mass is 9.73. The molecule has 1 fully saturated rings. The lowest BCUT2D eigenvalue weighted by molar-refractivity contribution is -0.690. The molecule has 3 aliphatic heterocycles. The number of ether oxygens (including phenoxy) is 1. The fourth-order valence-electron chi connectivity index (χ4n) is 7.76. The number of unbranched alkanes of at least 4 members (excludes halogenated alkanes) is 15. The van der Waals surface area contributed by atoms with Crippen molar-refractivity contribution >= 4 is 6.21 Å². The molecule has 224 valence electrons. The van der Waals surface area contributed by atoms with Gasteiger partial charge in [0.15, 0.2) is 5.54 Å². The van der Waals surface area contributed by atoms with Crippen LogP contribution in [0.15, 0.2) is 24.3 Å².